The smallest absolute Gasteiger partial charge is 0.333 e. The Labute approximate surface area is 251 Å². The van der Waals surface area contributed by atoms with Crippen LogP contribution in [0.2, 0.25) is 0 Å². The quantitative estimate of drug-likeness (QED) is 0.146. The van der Waals surface area contributed by atoms with Gasteiger partial charge < -0.3 is 13.5 Å². The molecule has 2 aliphatic heterocycles. The predicted octanol–water partition coefficient (Wildman–Crippen LogP) is 8.77. The average molecular weight is 566 g/mol. The topological polar surface area (TPSA) is 23.0 Å². The summed E-state index contributed by atoms with van der Waals surface area (Å²) in [6, 6.07) is 38.2. The zero-order valence-electron chi connectivity index (χ0n) is 23.6. The summed E-state index contributed by atoms with van der Waals surface area (Å²) >= 11 is 1.84. The number of nitrogens with zero attached hydrogens (tertiary/aromatic N) is 2. The van der Waals surface area contributed by atoms with Crippen molar-refractivity contribution in [3.63, 3.8) is 0 Å². The van der Waals surface area contributed by atoms with Crippen molar-refractivity contribution in [1.82, 2.24) is 9.05 Å². The third-order valence-electron chi connectivity index (χ3n) is 10.1. The molecule has 9 aromatic rings. The van der Waals surface area contributed by atoms with Crippen LogP contribution in [-0.4, -0.2) is 22.1 Å². The monoisotopic (exact) mass is 566 g/mol. The molecule has 5 heterocycles. The van der Waals surface area contributed by atoms with Crippen LogP contribution in [0.4, 0.5) is 0 Å². The first-order chi connectivity index (χ1) is 21.2. The molecule has 0 N–H and O–H groups in total. The van der Waals surface area contributed by atoms with E-state index in [9.17, 15) is 0 Å². The molecular formula is C38H23BN2OS. The second-order valence-corrected chi connectivity index (χ2v) is 12.9. The van der Waals surface area contributed by atoms with Crippen molar-refractivity contribution >= 4 is 95.1 Å². The van der Waals surface area contributed by atoms with Crippen LogP contribution >= 0.6 is 11.8 Å². The summed E-state index contributed by atoms with van der Waals surface area (Å²) < 4.78 is 12.0. The minimum atomic E-state index is 0.0236. The van der Waals surface area contributed by atoms with Crippen LogP contribution in [-0.2, 0) is 0 Å². The Kier molecular flexibility index (Phi) is 3.99. The van der Waals surface area contributed by atoms with E-state index in [4.69, 9.17) is 4.42 Å². The van der Waals surface area contributed by atoms with Gasteiger partial charge in [-0.1, -0.05) is 72.8 Å². The zero-order valence-corrected chi connectivity index (χ0v) is 24.4. The number of benzene rings is 6. The maximum atomic E-state index is 6.87. The average Bonchev–Trinajstić information content (AvgIpc) is 3.71. The fourth-order valence-corrected chi connectivity index (χ4v) is 9.13. The standard InChI is InChI=1S/C38H23BN2OS/c1-20-9-7-15-29-32(20)33-31(43-2)18-17-27-36(33)40(29)37-34-25(19-26-22-11-4-6-16-30(22)42-38(26)37)24-13-8-12-23-21-10-3-5-14-28(21)41(35(23)24)39(27)34/h3-19H,1-2H3. The number of para-hydroxylation sites is 3. The number of aromatic nitrogens is 2. The highest BCUT2D eigenvalue weighted by Gasteiger charge is 2.43. The summed E-state index contributed by atoms with van der Waals surface area (Å²) in [5, 5.41) is 7.66. The molecule has 0 spiro atoms. The molecule has 2 aliphatic rings. The van der Waals surface area contributed by atoms with Crippen LogP contribution in [0.1, 0.15) is 5.56 Å². The molecule has 0 radical (unpaired) electrons. The van der Waals surface area contributed by atoms with Gasteiger partial charge in [0, 0.05) is 53.8 Å². The van der Waals surface area contributed by atoms with Gasteiger partial charge in [-0.15, -0.1) is 11.8 Å². The molecule has 0 fully saturated rings. The first-order valence-corrected chi connectivity index (χ1v) is 16.1. The van der Waals surface area contributed by atoms with Crippen LogP contribution in [0.5, 0.6) is 0 Å². The van der Waals surface area contributed by atoms with E-state index in [-0.39, 0.29) is 6.85 Å². The van der Waals surface area contributed by atoms with E-state index in [1.54, 1.807) is 0 Å². The first-order valence-electron chi connectivity index (χ1n) is 14.9. The summed E-state index contributed by atoms with van der Waals surface area (Å²) in [4.78, 5) is 1.32. The van der Waals surface area contributed by atoms with Crippen molar-refractivity contribution < 1.29 is 4.42 Å². The molecule has 0 saturated carbocycles. The van der Waals surface area contributed by atoms with Gasteiger partial charge in [0.1, 0.15) is 5.58 Å². The van der Waals surface area contributed by atoms with E-state index in [2.05, 4.69) is 125 Å². The molecule has 43 heavy (non-hydrogen) atoms. The van der Waals surface area contributed by atoms with Crippen LogP contribution in [0.3, 0.4) is 0 Å². The van der Waals surface area contributed by atoms with Crippen molar-refractivity contribution in [2.45, 2.75) is 11.8 Å². The second kappa shape index (κ2) is 7.55. The lowest BCUT2D eigenvalue weighted by molar-refractivity contribution is 0.667. The molecule has 0 unspecified atom stereocenters. The van der Waals surface area contributed by atoms with Gasteiger partial charge in [0.25, 0.3) is 0 Å². The van der Waals surface area contributed by atoms with Gasteiger partial charge in [0.15, 0.2) is 5.58 Å². The Morgan fingerprint density at radius 2 is 1.47 bits per heavy atom. The second-order valence-electron chi connectivity index (χ2n) is 12.0. The lowest BCUT2D eigenvalue weighted by Crippen LogP contribution is -2.55. The Morgan fingerprint density at radius 1 is 0.674 bits per heavy atom. The van der Waals surface area contributed by atoms with Gasteiger partial charge in [-0.2, -0.15) is 0 Å². The van der Waals surface area contributed by atoms with Crippen molar-refractivity contribution in [3.8, 4) is 16.8 Å². The van der Waals surface area contributed by atoms with Gasteiger partial charge in [0.05, 0.1) is 16.7 Å². The highest BCUT2D eigenvalue weighted by molar-refractivity contribution is 7.98. The summed E-state index contributed by atoms with van der Waals surface area (Å²) in [6.45, 7) is 2.28. The Hall–Kier alpha value is -4.87. The van der Waals surface area contributed by atoms with E-state index in [1.807, 2.05) is 11.8 Å². The molecule has 0 amide bonds. The number of fused-ring (bicyclic) bond motifs is 14. The third-order valence-corrected chi connectivity index (χ3v) is 10.9. The predicted molar refractivity (Wildman–Crippen MR) is 183 cm³/mol. The highest BCUT2D eigenvalue weighted by Crippen LogP contribution is 2.47. The van der Waals surface area contributed by atoms with Gasteiger partial charge in [-0.3, -0.25) is 0 Å². The highest BCUT2D eigenvalue weighted by atomic mass is 32.2. The summed E-state index contributed by atoms with van der Waals surface area (Å²) in [7, 11) is 0. The molecule has 3 nitrogen and oxygen atoms in total. The van der Waals surface area contributed by atoms with Gasteiger partial charge >= 0.3 is 6.85 Å². The maximum absolute atomic E-state index is 6.87. The van der Waals surface area contributed by atoms with E-state index < -0.39 is 0 Å². The van der Waals surface area contributed by atoms with E-state index in [0.717, 1.165) is 11.2 Å². The molecular weight excluding hydrogens is 543 g/mol. The fraction of sp³-hybridized carbons (Fsp3) is 0.0526. The number of hydrogen-bond acceptors (Lipinski definition) is 2. The largest absolute Gasteiger partial charge is 0.454 e. The summed E-state index contributed by atoms with van der Waals surface area (Å²) in [5.41, 5.74) is 14.8. The van der Waals surface area contributed by atoms with Crippen molar-refractivity contribution in [1.29, 1.82) is 0 Å². The molecule has 0 saturated heterocycles. The number of hydrogen-bond donors (Lipinski definition) is 0. The molecule has 0 aliphatic carbocycles. The summed E-state index contributed by atoms with van der Waals surface area (Å²) in [6.07, 6.45) is 2.20. The van der Waals surface area contributed by atoms with Crippen molar-refractivity contribution in [2.75, 3.05) is 6.26 Å². The van der Waals surface area contributed by atoms with Gasteiger partial charge in [0.2, 0.25) is 0 Å². The van der Waals surface area contributed by atoms with Crippen LogP contribution < -0.4 is 10.9 Å². The molecule has 5 heteroatoms. The van der Waals surface area contributed by atoms with Crippen LogP contribution in [0.15, 0.2) is 112 Å². The summed E-state index contributed by atoms with van der Waals surface area (Å²) in [5.74, 6) is 0. The molecule has 0 bridgehead atoms. The van der Waals surface area contributed by atoms with E-state index in [1.165, 1.54) is 92.6 Å². The Bertz CT molecular complexity index is 2740. The lowest BCUT2D eigenvalue weighted by Gasteiger charge is -2.34. The zero-order chi connectivity index (χ0) is 28.1. The van der Waals surface area contributed by atoms with Crippen LogP contribution in [0, 0.1) is 6.92 Å². The normalized spacial score (nSPS) is 13.4. The first kappa shape index (κ1) is 22.7. The molecule has 0 atom stereocenters. The van der Waals surface area contributed by atoms with E-state index in [0.29, 0.717) is 0 Å². The third kappa shape index (κ3) is 2.47. The minimum Gasteiger partial charge on any atom is -0.454 e. The van der Waals surface area contributed by atoms with Gasteiger partial charge in [-0.05, 0) is 65.6 Å². The Morgan fingerprint density at radius 3 is 2.37 bits per heavy atom. The van der Waals surface area contributed by atoms with Crippen LogP contribution in [0.25, 0.3) is 82.4 Å². The number of thioether (sulfide) groups is 1. The Balaban J connectivity index is 1.49. The minimum absolute atomic E-state index is 0.0236. The lowest BCUT2D eigenvalue weighted by atomic mass is 9.45. The molecule has 6 aromatic carbocycles. The SMILES string of the molecule is CSc1ccc2c3c1c1c(C)cccc1n3-c1c3c(cc4c1oc1ccccc14)-c1cccc4c5ccccc5n(c14)B32. The van der Waals surface area contributed by atoms with E-state index >= 15 is 0 Å². The van der Waals surface area contributed by atoms with Crippen molar-refractivity contribution in [2.24, 2.45) is 0 Å². The number of rotatable bonds is 1. The van der Waals surface area contributed by atoms with Crippen molar-refractivity contribution in [3.05, 3.63) is 109 Å². The maximum Gasteiger partial charge on any atom is 0.333 e. The molecule has 11 rings (SSSR count). The number of furan rings is 1. The molecule has 200 valence electrons. The number of aryl methyl sites for hydroxylation is 1. The fourth-order valence-electron chi connectivity index (χ4n) is 8.52. The molecule has 3 aromatic heterocycles. The van der Waals surface area contributed by atoms with Gasteiger partial charge in [-0.25, -0.2) is 0 Å².